The Kier molecular flexibility index (Phi) is 40.5. The molecular weight excluding hydrogens is 919 g/mol. The van der Waals surface area contributed by atoms with E-state index < -0.39 is 86.8 Å². The number of carbonyl (C=O) groups excluding carboxylic acids is 1. The SMILES string of the molecule is CCCCC/C=C/CC/C=C/CC/C=C/C(O)C(COC1OC(CO)C(OC2OC(CO)C(O)C(O)C2O)C(O)C1O)NC(=O)CCCCCCCCCCCCCCC/C=C\CCCCCCCCCC. The average Bonchev–Trinajstić information content (AvgIpc) is 3.38. The lowest BCUT2D eigenvalue weighted by molar-refractivity contribution is -0.359. The molecule has 2 heterocycles. The number of carbonyl (C=O) groups is 1. The van der Waals surface area contributed by atoms with Crippen molar-refractivity contribution in [1.29, 1.82) is 0 Å². The molecule has 14 heteroatoms. The van der Waals surface area contributed by atoms with Crippen molar-refractivity contribution in [3.63, 3.8) is 0 Å². The molecule has 2 aliphatic heterocycles. The number of amides is 1. The van der Waals surface area contributed by atoms with Gasteiger partial charge in [0.25, 0.3) is 0 Å². The third-order valence-corrected chi connectivity index (χ3v) is 14.0. The number of rotatable bonds is 45. The zero-order chi connectivity index (χ0) is 52.4. The molecule has 2 aliphatic rings. The van der Waals surface area contributed by atoms with Gasteiger partial charge >= 0.3 is 0 Å². The summed E-state index contributed by atoms with van der Waals surface area (Å²) in [6.45, 7) is 2.73. The van der Waals surface area contributed by atoms with Crippen LogP contribution in [0, 0.1) is 0 Å². The summed E-state index contributed by atoms with van der Waals surface area (Å²) in [6.07, 6.45) is 37.3. The first-order valence-electron chi connectivity index (χ1n) is 28.9. The predicted octanol–water partition coefficient (Wildman–Crippen LogP) is 9.22. The summed E-state index contributed by atoms with van der Waals surface area (Å²) in [6, 6.07) is -0.937. The van der Waals surface area contributed by atoms with Gasteiger partial charge in [0.2, 0.25) is 5.91 Å². The molecule has 2 fully saturated rings. The van der Waals surface area contributed by atoms with Crippen LogP contribution in [0.5, 0.6) is 0 Å². The molecule has 0 spiro atoms. The van der Waals surface area contributed by atoms with Crippen LogP contribution < -0.4 is 5.32 Å². The lowest BCUT2D eigenvalue weighted by atomic mass is 9.97. The van der Waals surface area contributed by atoms with Crippen LogP contribution in [0.1, 0.15) is 219 Å². The molecule has 0 aliphatic carbocycles. The van der Waals surface area contributed by atoms with Crippen molar-refractivity contribution in [2.75, 3.05) is 19.8 Å². The van der Waals surface area contributed by atoms with E-state index in [0.717, 1.165) is 44.9 Å². The Hall–Kier alpha value is -2.05. The van der Waals surface area contributed by atoms with Crippen LogP contribution in [0.15, 0.2) is 48.6 Å². The first kappa shape index (κ1) is 66.1. The number of ether oxygens (including phenoxy) is 4. The first-order valence-corrected chi connectivity index (χ1v) is 28.9. The average molecular weight is 1020 g/mol. The molecule has 2 saturated heterocycles. The van der Waals surface area contributed by atoms with E-state index in [4.69, 9.17) is 18.9 Å². The van der Waals surface area contributed by atoms with Gasteiger partial charge in [-0.15, -0.1) is 0 Å². The van der Waals surface area contributed by atoms with Gasteiger partial charge in [0, 0.05) is 6.42 Å². The van der Waals surface area contributed by atoms with Crippen molar-refractivity contribution in [2.45, 2.75) is 293 Å². The fourth-order valence-electron chi connectivity index (χ4n) is 9.26. The van der Waals surface area contributed by atoms with E-state index in [0.29, 0.717) is 12.8 Å². The Bertz CT molecular complexity index is 1390. The number of unbranched alkanes of at least 4 members (excludes halogenated alkanes) is 26. The van der Waals surface area contributed by atoms with Crippen molar-refractivity contribution in [1.82, 2.24) is 5.32 Å². The van der Waals surface area contributed by atoms with E-state index in [2.05, 4.69) is 55.6 Å². The Balaban J connectivity index is 1.74. The van der Waals surface area contributed by atoms with Gasteiger partial charge in [0.15, 0.2) is 12.6 Å². The maximum Gasteiger partial charge on any atom is 0.220 e. The molecular formula is C58H105NO13. The van der Waals surface area contributed by atoms with Crippen molar-refractivity contribution in [3.05, 3.63) is 48.6 Å². The number of aliphatic hydroxyl groups is 8. The molecule has 9 N–H and O–H groups in total. The number of hydrogen-bond acceptors (Lipinski definition) is 13. The minimum atomic E-state index is -1.79. The minimum Gasteiger partial charge on any atom is -0.394 e. The summed E-state index contributed by atoms with van der Waals surface area (Å²) in [4.78, 5) is 13.2. The van der Waals surface area contributed by atoms with Gasteiger partial charge in [-0.2, -0.15) is 0 Å². The van der Waals surface area contributed by atoms with Crippen LogP contribution in [0.4, 0.5) is 0 Å². The largest absolute Gasteiger partial charge is 0.394 e. The molecule has 0 bridgehead atoms. The Morgan fingerprint density at radius 2 is 0.889 bits per heavy atom. The molecule has 1 amide bonds. The lowest BCUT2D eigenvalue weighted by Crippen LogP contribution is -2.65. The fourth-order valence-corrected chi connectivity index (χ4v) is 9.26. The quantitative estimate of drug-likeness (QED) is 0.0205. The number of allylic oxidation sites excluding steroid dienone is 7. The summed E-state index contributed by atoms with van der Waals surface area (Å²) in [5, 5.41) is 86.9. The van der Waals surface area contributed by atoms with Crippen molar-refractivity contribution >= 4 is 5.91 Å². The maximum atomic E-state index is 13.2. The summed E-state index contributed by atoms with van der Waals surface area (Å²) in [5.74, 6) is -0.254. The Labute approximate surface area is 435 Å². The second kappa shape index (κ2) is 44.1. The van der Waals surface area contributed by atoms with E-state index in [1.807, 2.05) is 6.08 Å². The van der Waals surface area contributed by atoms with Gasteiger partial charge in [-0.1, -0.05) is 191 Å². The summed E-state index contributed by atoms with van der Waals surface area (Å²) in [5.41, 5.74) is 0. The summed E-state index contributed by atoms with van der Waals surface area (Å²) in [7, 11) is 0. The molecule has 0 radical (unpaired) electrons. The smallest absolute Gasteiger partial charge is 0.220 e. The van der Waals surface area contributed by atoms with Crippen LogP contribution in [-0.2, 0) is 23.7 Å². The molecule has 0 aromatic rings. The highest BCUT2D eigenvalue weighted by molar-refractivity contribution is 5.76. The van der Waals surface area contributed by atoms with E-state index >= 15 is 0 Å². The summed E-state index contributed by atoms with van der Waals surface area (Å²) < 4.78 is 22.7. The van der Waals surface area contributed by atoms with Crippen molar-refractivity contribution in [3.8, 4) is 0 Å². The molecule has 12 unspecified atom stereocenters. The zero-order valence-electron chi connectivity index (χ0n) is 44.9. The molecule has 14 nitrogen and oxygen atoms in total. The highest BCUT2D eigenvalue weighted by Crippen LogP contribution is 2.30. The monoisotopic (exact) mass is 1020 g/mol. The predicted molar refractivity (Wildman–Crippen MR) is 286 cm³/mol. The van der Waals surface area contributed by atoms with Gasteiger partial charge in [0.05, 0.1) is 32.0 Å². The second-order valence-electron chi connectivity index (χ2n) is 20.4. The topological polar surface area (TPSA) is 228 Å². The van der Waals surface area contributed by atoms with Gasteiger partial charge in [-0.25, -0.2) is 0 Å². The second-order valence-corrected chi connectivity index (χ2v) is 20.4. The highest BCUT2D eigenvalue weighted by atomic mass is 16.7. The van der Waals surface area contributed by atoms with Crippen molar-refractivity contribution < 1.29 is 64.6 Å². The molecule has 0 aromatic heterocycles. The van der Waals surface area contributed by atoms with Crippen molar-refractivity contribution in [2.24, 2.45) is 0 Å². The first-order chi connectivity index (χ1) is 35.1. The molecule has 420 valence electrons. The Morgan fingerprint density at radius 1 is 0.486 bits per heavy atom. The molecule has 0 saturated carbocycles. The Morgan fingerprint density at radius 3 is 1.39 bits per heavy atom. The lowest BCUT2D eigenvalue weighted by Gasteiger charge is -2.46. The zero-order valence-corrected chi connectivity index (χ0v) is 44.9. The number of aliphatic hydroxyl groups excluding tert-OH is 8. The van der Waals surface area contributed by atoms with Crippen LogP contribution in [0.2, 0.25) is 0 Å². The molecule has 72 heavy (non-hydrogen) atoms. The third-order valence-electron chi connectivity index (χ3n) is 14.0. The van der Waals surface area contributed by atoms with Gasteiger partial charge in [-0.3, -0.25) is 4.79 Å². The van der Waals surface area contributed by atoms with E-state index in [1.165, 1.54) is 141 Å². The number of nitrogens with one attached hydrogen (secondary N) is 1. The van der Waals surface area contributed by atoms with E-state index in [9.17, 15) is 45.6 Å². The molecule has 0 aromatic carbocycles. The van der Waals surface area contributed by atoms with E-state index in [1.54, 1.807) is 6.08 Å². The number of hydrogen-bond donors (Lipinski definition) is 9. The minimum absolute atomic E-state index is 0.254. The maximum absolute atomic E-state index is 13.2. The third kappa shape index (κ3) is 29.9. The summed E-state index contributed by atoms with van der Waals surface area (Å²) >= 11 is 0. The highest BCUT2D eigenvalue weighted by Gasteiger charge is 2.51. The van der Waals surface area contributed by atoms with Crippen LogP contribution in [0.25, 0.3) is 0 Å². The molecule has 12 atom stereocenters. The van der Waals surface area contributed by atoms with Gasteiger partial charge in [0.1, 0.15) is 48.8 Å². The van der Waals surface area contributed by atoms with Crippen LogP contribution in [0.3, 0.4) is 0 Å². The van der Waals surface area contributed by atoms with Gasteiger partial charge in [-0.05, 0) is 70.6 Å². The van der Waals surface area contributed by atoms with Crippen LogP contribution >= 0.6 is 0 Å². The fraction of sp³-hybridized carbons (Fsp3) is 0.845. The van der Waals surface area contributed by atoms with Gasteiger partial charge < -0.3 is 65.1 Å². The molecule has 2 rings (SSSR count). The normalized spacial score (nSPS) is 25.9. The standard InChI is InChI=1S/C58H105NO13/c1-3-5-7-9-11-13-15-17-18-19-20-21-22-23-24-25-26-27-28-30-32-34-36-38-40-42-50(63)59-46(47(62)41-39-37-35-33-31-29-16-14-12-10-8-6-4-2)45-69-57-55(68)53(66)56(49(44-61)71-57)72-58-54(67)52(65)51(64)48(43-60)70-58/h12,14,19-20,31,33,39,41,46-49,51-58,60-62,64-68H,3-11,13,15-18,21-30,32,34-38,40,42-45H2,1-2H3,(H,59,63)/b14-12+,20-19-,33-31+,41-39+. The van der Waals surface area contributed by atoms with Crippen LogP contribution in [-0.4, -0.2) is 140 Å². The van der Waals surface area contributed by atoms with E-state index in [-0.39, 0.29) is 18.9 Å².